The van der Waals surface area contributed by atoms with Crippen molar-refractivity contribution in [2.24, 2.45) is 21.5 Å². The number of benzene rings is 2. The molecule has 0 atom stereocenters. The Balaban J connectivity index is 2.35. The van der Waals surface area contributed by atoms with Crippen molar-refractivity contribution >= 4 is 29.5 Å². The highest BCUT2D eigenvalue weighted by atomic mass is 16.5. The van der Waals surface area contributed by atoms with Crippen molar-refractivity contribution in [2.45, 2.75) is 13.8 Å². The van der Waals surface area contributed by atoms with Gasteiger partial charge in [0.1, 0.15) is 6.61 Å². The van der Waals surface area contributed by atoms with Crippen molar-refractivity contribution in [1.82, 2.24) is 4.90 Å². The first-order chi connectivity index (χ1) is 15.9. The Kier molecular flexibility index (Phi) is 9.97. The lowest BCUT2D eigenvalue weighted by Gasteiger charge is -2.20. The summed E-state index contributed by atoms with van der Waals surface area (Å²) < 4.78 is 17.0. The van der Waals surface area contributed by atoms with Crippen LogP contribution in [0.4, 0.5) is 11.4 Å². The van der Waals surface area contributed by atoms with E-state index in [1.807, 2.05) is 12.1 Å². The molecule has 0 saturated carbocycles. The number of hydrogen-bond donors (Lipinski definition) is 4. The Morgan fingerprint density at radius 3 is 2.27 bits per heavy atom. The molecule has 2 rings (SSSR count). The fraction of sp³-hybridized carbons (Fsp3) is 0.348. The maximum atomic E-state index is 6.02. The van der Waals surface area contributed by atoms with Crippen LogP contribution in [0, 0.1) is 0 Å². The van der Waals surface area contributed by atoms with Gasteiger partial charge in [-0.2, -0.15) is 4.99 Å². The fourth-order valence-electron chi connectivity index (χ4n) is 3.05. The minimum absolute atomic E-state index is 0.135. The van der Waals surface area contributed by atoms with Gasteiger partial charge < -0.3 is 35.9 Å². The molecule has 0 unspecified atom stereocenters. The number of methoxy groups -OCH3 is 2. The van der Waals surface area contributed by atoms with Crippen LogP contribution in [0.5, 0.6) is 17.2 Å². The van der Waals surface area contributed by atoms with Gasteiger partial charge in [0, 0.05) is 29.9 Å². The molecular weight excluding hydrogens is 422 g/mol. The van der Waals surface area contributed by atoms with Gasteiger partial charge in [-0.1, -0.05) is 13.8 Å². The van der Waals surface area contributed by atoms with E-state index >= 15 is 0 Å². The second-order valence-electron chi connectivity index (χ2n) is 6.94. The summed E-state index contributed by atoms with van der Waals surface area (Å²) >= 11 is 0. The van der Waals surface area contributed by atoms with E-state index in [0.717, 1.165) is 25.2 Å². The van der Waals surface area contributed by atoms with Crippen LogP contribution in [0.25, 0.3) is 0 Å². The summed E-state index contributed by atoms with van der Waals surface area (Å²) in [6.45, 7) is 7.40. The van der Waals surface area contributed by atoms with Gasteiger partial charge in [0.05, 0.1) is 19.9 Å². The van der Waals surface area contributed by atoms with Crippen LogP contribution < -0.4 is 36.4 Å². The first kappa shape index (κ1) is 25.5. The molecule has 0 aliphatic rings. The average molecular weight is 457 g/mol. The van der Waals surface area contributed by atoms with E-state index in [1.54, 1.807) is 38.5 Å². The van der Waals surface area contributed by atoms with Crippen LogP contribution in [0.15, 0.2) is 46.4 Å². The summed E-state index contributed by atoms with van der Waals surface area (Å²) in [5.41, 5.74) is 13.3. The summed E-state index contributed by atoms with van der Waals surface area (Å²) in [5, 5.41) is 8.66. The third kappa shape index (κ3) is 7.69. The second-order valence-corrected chi connectivity index (χ2v) is 6.94. The highest BCUT2D eigenvalue weighted by molar-refractivity contribution is 6.02. The Morgan fingerprint density at radius 2 is 1.73 bits per heavy atom. The van der Waals surface area contributed by atoms with Crippen LogP contribution in [0.1, 0.15) is 19.4 Å². The quantitative estimate of drug-likeness (QED) is 0.291. The first-order valence-corrected chi connectivity index (χ1v) is 10.7. The second kappa shape index (κ2) is 12.9. The molecule has 0 spiro atoms. The lowest BCUT2D eigenvalue weighted by Crippen LogP contribution is -2.29. The van der Waals surface area contributed by atoms with Gasteiger partial charge in [-0.3, -0.25) is 5.41 Å². The van der Waals surface area contributed by atoms with Gasteiger partial charge >= 0.3 is 0 Å². The van der Waals surface area contributed by atoms with Crippen LogP contribution in [-0.2, 0) is 0 Å². The molecule has 2 aromatic rings. The first-order valence-electron chi connectivity index (χ1n) is 10.7. The minimum atomic E-state index is -0.135. The summed E-state index contributed by atoms with van der Waals surface area (Å²) in [6.07, 6.45) is 1.51. The lowest BCUT2D eigenvalue weighted by molar-refractivity contribution is -0.104. The zero-order valence-electron chi connectivity index (χ0n) is 19.7. The number of hydrogen-bond acceptors (Lipinski definition) is 5. The standard InChI is InChI=1S/C23H33N7O3/c1-5-30(6-2)11-12-33-20-14-18(13-19(31-3)21(20)32-4)28-23(29-22(25)26)27-17-9-7-16(15-24)8-10-17/h7-10,13-15,24H,5-6,11-12H2,1-4H3,(H5,25,26,27,28,29)/p+1. The number of ether oxygens (including phenoxy) is 3. The average Bonchev–Trinajstić information content (AvgIpc) is 2.81. The van der Waals surface area contributed by atoms with E-state index in [-0.39, 0.29) is 11.9 Å². The van der Waals surface area contributed by atoms with E-state index in [0.29, 0.717) is 35.2 Å². The molecule has 0 amide bonds. The SMILES string of the molecule is CCN(CC)CCOc1cc(NC(N=C(N)N)=Nc2ccc(C=[NH2+])cc2)cc(OC)c1OC. The maximum Gasteiger partial charge on any atom is 0.230 e. The summed E-state index contributed by atoms with van der Waals surface area (Å²) in [7, 11) is 3.12. The number of nitrogens with zero attached hydrogens (tertiary/aromatic N) is 3. The Labute approximate surface area is 194 Å². The fourth-order valence-corrected chi connectivity index (χ4v) is 3.05. The van der Waals surface area contributed by atoms with Gasteiger partial charge in [-0.15, -0.1) is 0 Å². The molecule has 0 radical (unpaired) electrons. The summed E-state index contributed by atoms with van der Waals surface area (Å²) in [6, 6.07) is 10.8. The third-order valence-electron chi connectivity index (χ3n) is 4.82. The molecule has 33 heavy (non-hydrogen) atoms. The summed E-state index contributed by atoms with van der Waals surface area (Å²) in [5.74, 6) is 1.58. The number of anilines is 1. The highest BCUT2D eigenvalue weighted by Crippen LogP contribution is 2.40. The molecule has 7 N–H and O–H groups in total. The van der Waals surface area contributed by atoms with Gasteiger partial charge in [0.25, 0.3) is 0 Å². The van der Waals surface area contributed by atoms with E-state index in [9.17, 15) is 0 Å². The molecule has 0 fully saturated rings. The normalized spacial score (nSPS) is 11.1. The molecule has 10 heteroatoms. The van der Waals surface area contributed by atoms with Gasteiger partial charge in [0.2, 0.25) is 11.7 Å². The molecule has 2 aromatic carbocycles. The van der Waals surface area contributed by atoms with E-state index in [2.05, 4.69) is 34.0 Å². The molecule has 0 aliphatic heterocycles. The van der Waals surface area contributed by atoms with Gasteiger partial charge in [-0.25, -0.2) is 4.99 Å². The Morgan fingerprint density at radius 1 is 1.06 bits per heavy atom. The van der Waals surface area contributed by atoms with E-state index in [1.165, 1.54) is 6.21 Å². The molecule has 0 saturated heterocycles. The maximum absolute atomic E-state index is 6.02. The molecule has 10 nitrogen and oxygen atoms in total. The number of aliphatic imine (C=N–C) groups is 2. The molecule has 0 aliphatic carbocycles. The van der Waals surface area contributed by atoms with Gasteiger partial charge in [-0.05, 0) is 37.4 Å². The number of likely N-dealkylation sites (N-methyl/N-ethyl adjacent to an activating group) is 1. The van der Waals surface area contributed by atoms with Crippen LogP contribution in [0.3, 0.4) is 0 Å². The molecule has 178 valence electrons. The Hall–Kier alpha value is -3.79. The predicted molar refractivity (Wildman–Crippen MR) is 133 cm³/mol. The largest absolute Gasteiger partial charge is 0.493 e. The molecular formula is C23H34N7O3+. The lowest BCUT2D eigenvalue weighted by atomic mass is 10.2. The molecule has 0 heterocycles. The van der Waals surface area contributed by atoms with Crippen molar-refractivity contribution in [3.8, 4) is 17.2 Å². The minimum Gasteiger partial charge on any atom is -0.493 e. The van der Waals surface area contributed by atoms with E-state index < -0.39 is 0 Å². The van der Waals surface area contributed by atoms with E-state index in [4.69, 9.17) is 31.1 Å². The van der Waals surface area contributed by atoms with Crippen molar-refractivity contribution in [2.75, 3.05) is 45.8 Å². The molecule has 0 aromatic heterocycles. The number of nitrogens with two attached hydrogens (primary N) is 3. The van der Waals surface area contributed by atoms with Crippen LogP contribution >= 0.6 is 0 Å². The highest BCUT2D eigenvalue weighted by Gasteiger charge is 2.15. The summed E-state index contributed by atoms with van der Waals surface area (Å²) in [4.78, 5) is 10.9. The third-order valence-corrected chi connectivity index (χ3v) is 4.82. The topological polar surface area (TPSA) is 145 Å². The zero-order chi connectivity index (χ0) is 24.2. The smallest absolute Gasteiger partial charge is 0.230 e. The van der Waals surface area contributed by atoms with Crippen molar-refractivity contribution in [1.29, 1.82) is 0 Å². The number of rotatable bonds is 11. The number of guanidine groups is 2. The zero-order valence-corrected chi connectivity index (χ0v) is 19.7. The Bertz CT molecular complexity index is 967. The van der Waals surface area contributed by atoms with Crippen molar-refractivity contribution in [3.63, 3.8) is 0 Å². The number of nitrogens with one attached hydrogen (secondary N) is 1. The van der Waals surface area contributed by atoms with Crippen molar-refractivity contribution in [3.05, 3.63) is 42.0 Å². The monoisotopic (exact) mass is 456 g/mol. The van der Waals surface area contributed by atoms with Crippen LogP contribution in [0.2, 0.25) is 0 Å². The molecule has 0 bridgehead atoms. The predicted octanol–water partition coefficient (Wildman–Crippen LogP) is 0.975. The van der Waals surface area contributed by atoms with Crippen molar-refractivity contribution < 1.29 is 19.6 Å². The van der Waals surface area contributed by atoms with Crippen LogP contribution in [-0.4, -0.2) is 63.5 Å². The van der Waals surface area contributed by atoms with Gasteiger partial charge in [0.15, 0.2) is 23.7 Å².